The molecule has 0 radical (unpaired) electrons. The van der Waals surface area contributed by atoms with Crippen molar-refractivity contribution in [2.75, 3.05) is 4.90 Å². The number of carbonyl (C=O) groups excluding carboxylic acids is 2. The first-order valence-corrected chi connectivity index (χ1v) is 12.0. The van der Waals surface area contributed by atoms with Crippen LogP contribution in [0.1, 0.15) is 41.4 Å². The third-order valence-electron chi connectivity index (χ3n) is 5.53. The van der Waals surface area contributed by atoms with Gasteiger partial charge in [0.2, 0.25) is 5.91 Å². The number of nitrogens with zero attached hydrogens (tertiary/aromatic N) is 3. The Hall–Kier alpha value is -3.58. The zero-order valence-electron chi connectivity index (χ0n) is 19.8. The number of rotatable bonds is 7. The summed E-state index contributed by atoms with van der Waals surface area (Å²) in [5.74, 6) is -0.422. The van der Waals surface area contributed by atoms with Crippen LogP contribution < -0.4 is 4.90 Å². The molecule has 0 fully saturated rings. The maximum Gasteiger partial charge on any atom is 0.306 e. The number of thiazole rings is 1. The molecular formula is C27H27N3O3S. The van der Waals surface area contributed by atoms with Crippen molar-refractivity contribution in [2.45, 2.75) is 47.1 Å². The van der Waals surface area contributed by atoms with E-state index in [4.69, 9.17) is 4.74 Å². The number of ether oxygens (including phenoxy) is 1. The molecule has 0 bridgehead atoms. The number of aromatic nitrogens is 2. The van der Waals surface area contributed by atoms with Crippen LogP contribution in [0.3, 0.4) is 0 Å². The first-order chi connectivity index (χ1) is 16.3. The molecule has 6 nitrogen and oxygen atoms in total. The summed E-state index contributed by atoms with van der Waals surface area (Å²) in [6.07, 6.45) is 0.750. The number of fused-ring (bicyclic) bond motifs is 1. The van der Waals surface area contributed by atoms with Gasteiger partial charge in [-0.1, -0.05) is 42.0 Å². The van der Waals surface area contributed by atoms with E-state index < -0.39 is 0 Å². The van der Waals surface area contributed by atoms with Crippen LogP contribution in [-0.4, -0.2) is 21.8 Å². The second-order valence-corrected chi connectivity index (χ2v) is 9.22. The van der Waals surface area contributed by atoms with Crippen molar-refractivity contribution in [1.82, 2.24) is 9.97 Å². The monoisotopic (exact) mass is 473 g/mol. The zero-order valence-corrected chi connectivity index (χ0v) is 20.6. The number of hydrogen-bond donors (Lipinski definition) is 0. The van der Waals surface area contributed by atoms with Gasteiger partial charge in [0, 0.05) is 29.8 Å². The fourth-order valence-electron chi connectivity index (χ4n) is 4.08. The molecular weight excluding hydrogens is 446 g/mol. The molecule has 0 aliphatic rings. The Morgan fingerprint density at radius 1 is 0.971 bits per heavy atom. The second kappa shape index (κ2) is 10.1. The molecule has 0 unspecified atom stereocenters. The lowest BCUT2D eigenvalue weighted by Gasteiger charge is -2.23. The average Bonchev–Trinajstić information content (AvgIpc) is 3.26. The molecule has 0 spiro atoms. The van der Waals surface area contributed by atoms with Gasteiger partial charge in [-0.05, 0) is 44.0 Å². The molecule has 0 saturated carbocycles. The molecule has 2 aromatic heterocycles. The Labute approximate surface area is 203 Å². The first-order valence-electron chi connectivity index (χ1n) is 11.1. The minimum Gasteiger partial charge on any atom is -0.459 e. The smallest absolute Gasteiger partial charge is 0.306 e. The maximum absolute atomic E-state index is 12.5. The molecule has 2 heterocycles. The summed E-state index contributed by atoms with van der Waals surface area (Å²) >= 11 is 1.36. The first kappa shape index (κ1) is 23.6. The summed E-state index contributed by atoms with van der Waals surface area (Å²) in [6.45, 7) is 7.62. The van der Waals surface area contributed by atoms with Crippen LogP contribution in [0.15, 0.2) is 53.9 Å². The molecule has 0 saturated heterocycles. The molecule has 174 valence electrons. The van der Waals surface area contributed by atoms with Gasteiger partial charge in [0.25, 0.3) is 0 Å². The van der Waals surface area contributed by atoms with Gasteiger partial charge in [-0.2, -0.15) is 0 Å². The summed E-state index contributed by atoms with van der Waals surface area (Å²) < 4.78 is 5.43. The number of amides is 1. The Morgan fingerprint density at radius 3 is 2.44 bits per heavy atom. The van der Waals surface area contributed by atoms with Crippen LogP contribution in [0.2, 0.25) is 0 Å². The van der Waals surface area contributed by atoms with Crippen LogP contribution in [0.4, 0.5) is 10.8 Å². The second-order valence-electron chi connectivity index (χ2n) is 8.38. The Balaban J connectivity index is 1.39. The Kier molecular flexibility index (Phi) is 7.03. The third kappa shape index (κ3) is 5.31. The number of carbonyl (C=O) groups is 2. The maximum atomic E-state index is 12.5. The van der Waals surface area contributed by atoms with Crippen molar-refractivity contribution in [1.29, 1.82) is 0 Å². The molecule has 7 heteroatoms. The summed E-state index contributed by atoms with van der Waals surface area (Å²) in [6, 6.07) is 16.0. The highest BCUT2D eigenvalue weighted by molar-refractivity contribution is 7.14. The van der Waals surface area contributed by atoms with Gasteiger partial charge < -0.3 is 4.74 Å². The minimum atomic E-state index is -0.307. The van der Waals surface area contributed by atoms with Gasteiger partial charge in [-0.15, -0.1) is 11.3 Å². The van der Waals surface area contributed by atoms with E-state index in [9.17, 15) is 9.59 Å². The van der Waals surface area contributed by atoms with Crippen LogP contribution in [-0.2, 0) is 27.4 Å². The van der Waals surface area contributed by atoms with E-state index in [0.717, 1.165) is 39.0 Å². The predicted octanol–water partition coefficient (Wildman–Crippen LogP) is 5.98. The minimum absolute atomic E-state index is 0.0675. The fraction of sp³-hybridized carbons (Fsp3) is 0.259. The number of pyridine rings is 1. The molecule has 2 aromatic carbocycles. The van der Waals surface area contributed by atoms with Crippen LogP contribution >= 0.6 is 11.3 Å². The Bertz CT molecular complexity index is 1340. The number of esters is 1. The molecule has 0 N–H and O–H groups in total. The highest BCUT2D eigenvalue weighted by atomic mass is 32.1. The van der Waals surface area contributed by atoms with Crippen molar-refractivity contribution in [3.63, 3.8) is 0 Å². The van der Waals surface area contributed by atoms with E-state index >= 15 is 0 Å². The molecule has 0 aliphatic heterocycles. The summed E-state index contributed by atoms with van der Waals surface area (Å²) in [7, 11) is 0. The van der Waals surface area contributed by atoms with Crippen molar-refractivity contribution in [3.8, 4) is 0 Å². The van der Waals surface area contributed by atoms with E-state index in [0.29, 0.717) is 17.2 Å². The van der Waals surface area contributed by atoms with E-state index in [1.54, 1.807) is 4.90 Å². The lowest BCUT2D eigenvalue weighted by molar-refractivity contribution is -0.145. The van der Waals surface area contributed by atoms with Crippen LogP contribution in [0.25, 0.3) is 10.9 Å². The van der Waals surface area contributed by atoms with Crippen LogP contribution in [0, 0.1) is 20.8 Å². The van der Waals surface area contributed by atoms with Gasteiger partial charge >= 0.3 is 5.97 Å². The van der Waals surface area contributed by atoms with E-state index in [1.165, 1.54) is 18.3 Å². The average molecular weight is 474 g/mol. The number of anilines is 2. The number of hydrogen-bond acceptors (Lipinski definition) is 6. The molecule has 0 atom stereocenters. The van der Waals surface area contributed by atoms with Crippen molar-refractivity contribution in [3.05, 3.63) is 82.0 Å². The van der Waals surface area contributed by atoms with Gasteiger partial charge in [0.05, 0.1) is 23.3 Å². The SMILES string of the molecule is CC(=O)N(c1nc(COC(=O)CCc2ccc3ccccc3n2)cs1)c1c(C)cc(C)cc1C. The van der Waals surface area contributed by atoms with Crippen molar-refractivity contribution >= 4 is 44.9 Å². The Morgan fingerprint density at radius 2 is 1.71 bits per heavy atom. The zero-order chi connectivity index (χ0) is 24.2. The summed E-state index contributed by atoms with van der Waals surface area (Å²) in [5.41, 5.74) is 6.40. The van der Waals surface area contributed by atoms with Gasteiger partial charge in [0.1, 0.15) is 6.61 Å². The van der Waals surface area contributed by atoms with Gasteiger partial charge in [0.15, 0.2) is 5.13 Å². The van der Waals surface area contributed by atoms with E-state index in [1.807, 2.05) is 62.5 Å². The summed E-state index contributed by atoms with van der Waals surface area (Å²) in [4.78, 5) is 35.6. The number of para-hydroxylation sites is 1. The van der Waals surface area contributed by atoms with Crippen molar-refractivity contribution < 1.29 is 14.3 Å². The quantitative estimate of drug-likeness (QED) is 0.309. The topological polar surface area (TPSA) is 72.4 Å². The lowest BCUT2D eigenvalue weighted by Crippen LogP contribution is -2.24. The molecule has 34 heavy (non-hydrogen) atoms. The lowest BCUT2D eigenvalue weighted by atomic mass is 10.0. The van der Waals surface area contributed by atoms with Crippen molar-refractivity contribution in [2.24, 2.45) is 0 Å². The highest BCUT2D eigenvalue weighted by Crippen LogP contribution is 2.34. The largest absolute Gasteiger partial charge is 0.459 e. The van der Waals surface area contributed by atoms with E-state index in [-0.39, 0.29) is 24.9 Å². The predicted molar refractivity (Wildman–Crippen MR) is 135 cm³/mol. The molecule has 0 aliphatic carbocycles. The fourth-order valence-corrected chi connectivity index (χ4v) is 4.94. The normalized spacial score (nSPS) is 10.9. The number of aryl methyl sites for hydroxylation is 4. The highest BCUT2D eigenvalue weighted by Gasteiger charge is 2.22. The standard InChI is InChI=1S/C27H27N3O3S/c1-17-13-18(2)26(19(3)14-17)30(20(4)31)27-29-23(16-34-27)15-33-25(32)12-11-22-10-9-21-7-5-6-8-24(21)28-22/h5-10,13-14,16H,11-12,15H2,1-4H3. The molecule has 1 amide bonds. The molecule has 4 rings (SSSR count). The van der Waals surface area contributed by atoms with Crippen LogP contribution in [0.5, 0.6) is 0 Å². The third-order valence-corrected chi connectivity index (χ3v) is 6.40. The van der Waals surface area contributed by atoms with E-state index in [2.05, 4.69) is 22.1 Å². The summed E-state index contributed by atoms with van der Waals surface area (Å²) in [5, 5.41) is 3.46. The number of benzene rings is 2. The van der Waals surface area contributed by atoms with Gasteiger partial charge in [-0.3, -0.25) is 19.5 Å². The van der Waals surface area contributed by atoms with Gasteiger partial charge in [-0.25, -0.2) is 4.98 Å². The molecule has 4 aromatic rings.